The maximum Gasteiger partial charge on any atom is 0.408 e. The Bertz CT molecular complexity index is 1770. The summed E-state index contributed by atoms with van der Waals surface area (Å²) in [4.78, 5) is 71.1. The van der Waals surface area contributed by atoms with E-state index in [1.54, 1.807) is 33.2 Å². The maximum atomic E-state index is 13.6. The molecule has 4 amide bonds. The fraction of sp³-hybridized carbons (Fsp3) is 0.382. The Labute approximate surface area is 272 Å². The summed E-state index contributed by atoms with van der Waals surface area (Å²) in [5.74, 6) is -2.55. The number of methoxy groups -OCH3 is 1. The van der Waals surface area contributed by atoms with E-state index >= 15 is 0 Å². The molecule has 0 spiro atoms. The van der Waals surface area contributed by atoms with Gasteiger partial charge in [0, 0.05) is 47.0 Å². The number of hydrogen-bond donors (Lipinski definition) is 6. The number of rotatable bonds is 12. The minimum atomic E-state index is -1.49. The van der Waals surface area contributed by atoms with Crippen molar-refractivity contribution in [2.24, 2.45) is 0 Å². The number of amides is 4. The van der Waals surface area contributed by atoms with E-state index in [4.69, 9.17) is 9.47 Å². The summed E-state index contributed by atoms with van der Waals surface area (Å²) in [6.45, 7) is 7.61. The number of alkyl carbamates (subject to hydrolysis) is 1. The van der Waals surface area contributed by atoms with E-state index in [2.05, 4.69) is 31.2 Å². The van der Waals surface area contributed by atoms with Crippen LogP contribution in [0.2, 0.25) is 0 Å². The monoisotopic (exact) mass is 646 g/mol. The molecule has 2 atom stereocenters. The Balaban J connectivity index is 1.39. The average molecular weight is 647 g/mol. The van der Waals surface area contributed by atoms with Crippen molar-refractivity contribution in [2.45, 2.75) is 70.7 Å². The predicted octanol–water partition coefficient (Wildman–Crippen LogP) is 3.00. The number of ether oxygens (including phenoxy) is 2. The highest BCUT2D eigenvalue weighted by Crippen LogP contribution is 2.21. The first-order chi connectivity index (χ1) is 22.2. The van der Waals surface area contributed by atoms with Crippen LogP contribution in [-0.4, -0.2) is 76.6 Å². The number of nitrogens with one attached hydrogen (secondary N) is 6. The molecule has 0 unspecified atom stereocenters. The van der Waals surface area contributed by atoms with Gasteiger partial charge in [0.05, 0.1) is 13.7 Å². The molecule has 2 heterocycles. The van der Waals surface area contributed by atoms with Crippen LogP contribution in [-0.2, 0) is 41.5 Å². The SMILES string of the molecule is COC(=O)[C@H](Cc1c[nH]c2ccccc12)NC(=O)CNC(=O)C(C)(C)NC(=O)[C@H](Cc1c[nH]c2ccccc12)NC(=O)OC(C)(C)C. The van der Waals surface area contributed by atoms with Crippen LogP contribution < -0.4 is 21.3 Å². The van der Waals surface area contributed by atoms with Crippen molar-refractivity contribution in [3.63, 3.8) is 0 Å². The lowest BCUT2D eigenvalue weighted by atomic mass is 10.0. The molecule has 6 N–H and O–H groups in total. The largest absolute Gasteiger partial charge is 0.467 e. The number of fused-ring (bicyclic) bond motifs is 2. The molecule has 0 saturated heterocycles. The molecule has 250 valence electrons. The normalized spacial score (nSPS) is 13.0. The second-order valence-electron chi connectivity index (χ2n) is 12.8. The van der Waals surface area contributed by atoms with Gasteiger partial charge in [-0.25, -0.2) is 9.59 Å². The first kappa shape index (κ1) is 34.5. The zero-order valence-electron chi connectivity index (χ0n) is 27.4. The van der Waals surface area contributed by atoms with Gasteiger partial charge in [-0.1, -0.05) is 36.4 Å². The summed E-state index contributed by atoms with van der Waals surface area (Å²) in [6.07, 6.45) is 3.02. The minimum absolute atomic E-state index is 0.112. The van der Waals surface area contributed by atoms with Gasteiger partial charge in [-0.3, -0.25) is 14.4 Å². The summed E-state index contributed by atoms with van der Waals surface area (Å²) in [6, 6.07) is 13.0. The van der Waals surface area contributed by atoms with Crippen LogP contribution >= 0.6 is 0 Å². The molecule has 13 heteroatoms. The van der Waals surface area contributed by atoms with Gasteiger partial charge in [-0.15, -0.1) is 0 Å². The number of carbonyl (C=O) groups is 5. The van der Waals surface area contributed by atoms with Gasteiger partial charge in [-0.05, 0) is 57.9 Å². The van der Waals surface area contributed by atoms with E-state index in [9.17, 15) is 24.0 Å². The minimum Gasteiger partial charge on any atom is -0.467 e. The van der Waals surface area contributed by atoms with Crippen molar-refractivity contribution in [3.8, 4) is 0 Å². The van der Waals surface area contributed by atoms with E-state index < -0.39 is 59.6 Å². The molecule has 0 fully saturated rings. The van der Waals surface area contributed by atoms with Gasteiger partial charge in [0.25, 0.3) is 0 Å². The molecular formula is C34H42N6O7. The fourth-order valence-corrected chi connectivity index (χ4v) is 5.11. The first-order valence-electron chi connectivity index (χ1n) is 15.2. The summed E-state index contributed by atoms with van der Waals surface area (Å²) >= 11 is 0. The molecule has 2 aromatic heterocycles. The Hall–Kier alpha value is -5.33. The summed E-state index contributed by atoms with van der Waals surface area (Å²) in [5.41, 5.74) is 1.06. The zero-order chi connectivity index (χ0) is 34.4. The van der Waals surface area contributed by atoms with Crippen molar-refractivity contribution >= 4 is 51.6 Å². The third kappa shape index (κ3) is 9.12. The number of aromatic amines is 2. The molecule has 0 aliphatic rings. The quantitative estimate of drug-likeness (QED) is 0.128. The van der Waals surface area contributed by atoms with Crippen LogP contribution in [0.5, 0.6) is 0 Å². The van der Waals surface area contributed by atoms with E-state index in [0.717, 1.165) is 32.9 Å². The van der Waals surface area contributed by atoms with Crippen LogP contribution in [0.15, 0.2) is 60.9 Å². The van der Waals surface area contributed by atoms with Crippen molar-refractivity contribution in [3.05, 3.63) is 72.1 Å². The Morgan fingerprint density at radius 3 is 1.83 bits per heavy atom. The molecule has 4 rings (SSSR count). The van der Waals surface area contributed by atoms with Gasteiger partial charge in [0.1, 0.15) is 23.2 Å². The van der Waals surface area contributed by atoms with E-state index in [-0.39, 0.29) is 12.8 Å². The van der Waals surface area contributed by atoms with E-state index in [0.29, 0.717) is 0 Å². The molecule has 47 heavy (non-hydrogen) atoms. The van der Waals surface area contributed by atoms with E-state index in [1.807, 2.05) is 48.5 Å². The maximum absolute atomic E-state index is 13.6. The smallest absolute Gasteiger partial charge is 0.408 e. The van der Waals surface area contributed by atoms with Crippen molar-refractivity contribution in [2.75, 3.05) is 13.7 Å². The van der Waals surface area contributed by atoms with Gasteiger partial charge in [0.15, 0.2) is 0 Å². The standard InChI is InChI=1S/C34H42N6O7/c1-33(2,3)47-32(45)39-26(15-20-17-35-24-13-9-7-11-22(20)24)29(42)40-34(4,5)31(44)37-19-28(41)38-27(30(43)46-6)16-21-18-36-25-14-10-8-12-23(21)25/h7-14,17-18,26-27,35-36H,15-16,19H2,1-6H3,(H,37,44)(H,38,41)(H,39,45)(H,40,42)/t26-,27-/m0/s1. The van der Waals surface area contributed by atoms with Gasteiger partial charge >= 0.3 is 12.1 Å². The van der Waals surface area contributed by atoms with E-state index in [1.165, 1.54) is 21.0 Å². The fourth-order valence-electron chi connectivity index (χ4n) is 5.11. The van der Waals surface area contributed by atoms with Gasteiger partial charge in [0.2, 0.25) is 17.7 Å². The Morgan fingerprint density at radius 1 is 0.766 bits per heavy atom. The number of H-pyrrole nitrogens is 2. The second kappa shape index (κ2) is 14.4. The van der Waals surface area contributed by atoms with Crippen molar-refractivity contribution in [1.82, 2.24) is 31.2 Å². The number of esters is 1. The highest BCUT2D eigenvalue weighted by Gasteiger charge is 2.34. The van der Waals surface area contributed by atoms with Crippen LogP contribution in [0.1, 0.15) is 45.7 Å². The van der Waals surface area contributed by atoms with Crippen LogP contribution in [0, 0.1) is 0 Å². The third-order valence-electron chi connectivity index (χ3n) is 7.44. The highest BCUT2D eigenvalue weighted by atomic mass is 16.6. The number of aromatic nitrogens is 2. The van der Waals surface area contributed by atoms with Crippen LogP contribution in [0.25, 0.3) is 21.8 Å². The Morgan fingerprint density at radius 2 is 1.30 bits per heavy atom. The molecule has 0 aliphatic heterocycles. The van der Waals surface area contributed by atoms with Crippen molar-refractivity contribution in [1.29, 1.82) is 0 Å². The molecule has 13 nitrogen and oxygen atoms in total. The van der Waals surface area contributed by atoms with Crippen molar-refractivity contribution < 1.29 is 33.4 Å². The number of para-hydroxylation sites is 2. The number of carbonyl (C=O) groups excluding carboxylic acids is 5. The Kier molecular flexibility index (Phi) is 10.6. The topological polar surface area (TPSA) is 184 Å². The molecule has 0 saturated carbocycles. The average Bonchev–Trinajstić information content (AvgIpc) is 3.61. The number of hydrogen-bond acceptors (Lipinski definition) is 7. The third-order valence-corrected chi connectivity index (χ3v) is 7.44. The molecule has 0 bridgehead atoms. The molecular weight excluding hydrogens is 604 g/mol. The first-order valence-corrected chi connectivity index (χ1v) is 15.2. The highest BCUT2D eigenvalue weighted by molar-refractivity contribution is 5.96. The molecule has 0 radical (unpaired) electrons. The lowest BCUT2D eigenvalue weighted by Crippen LogP contribution is -2.60. The summed E-state index contributed by atoms with van der Waals surface area (Å²) in [7, 11) is 1.23. The van der Waals surface area contributed by atoms with Gasteiger partial charge in [-0.2, -0.15) is 0 Å². The van der Waals surface area contributed by atoms with Crippen LogP contribution in [0.4, 0.5) is 4.79 Å². The predicted molar refractivity (Wildman–Crippen MR) is 176 cm³/mol. The zero-order valence-corrected chi connectivity index (χ0v) is 27.4. The molecule has 4 aromatic rings. The lowest BCUT2D eigenvalue weighted by Gasteiger charge is -2.29. The summed E-state index contributed by atoms with van der Waals surface area (Å²) < 4.78 is 10.3. The lowest BCUT2D eigenvalue weighted by molar-refractivity contribution is -0.145. The van der Waals surface area contributed by atoms with Gasteiger partial charge < -0.3 is 40.7 Å². The molecule has 2 aromatic carbocycles. The molecule has 0 aliphatic carbocycles. The van der Waals surface area contributed by atoms with Crippen LogP contribution in [0.3, 0.4) is 0 Å². The second-order valence-corrected chi connectivity index (χ2v) is 12.8. The summed E-state index contributed by atoms with van der Waals surface area (Å²) in [5, 5.41) is 12.2. The number of benzene rings is 2.